The van der Waals surface area contributed by atoms with Crippen LogP contribution in [-0.4, -0.2) is 17.2 Å². The molecule has 0 amide bonds. The van der Waals surface area contributed by atoms with Gasteiger partial charge in [0.05, 0.1) is 28.0 Å². The lowest BCUT2D eigenvalue weighted by Crippen LogP contribution is -2.38. The smallest absolute Gasteiger partial charge is 0.0834 e. The van der Waals surface area contributed by atoms with Crippen molar-refractivity contribution < 1.29 is 4.74 Å². The van der Waals surface area contributed by atoms with Gasteiger partial charge in [0.1, 0.15) is 0 Å². The van der Waals surface area contributed by atoms with Crippen LogP contribution in [0.5, 0.6) is 0 Å². The van der Waals surface area contributed by atoms with Crippen LogP contribution in [0.2, 0.25) is 5.02 Å². The van der Waals surface area contributed by atoms with Crippen LogP contribution >= 0.6 is 11.6 Å². The fourth-order valence-electron chi connectivity index (χ4n) is 2.71. The molecule has 2 nitrogen and oxygen atoms in total. The number of ether oxygens (including phenoxy) is 1. The largest absolute Gasteiger partial charge is 0.378 e. The topological polar surface area (TPSA) is 21.3 Å². The molecule has 1 heterocycles. The maximum atomic E-state index is 6.27. The number of benzene rings is 1. The summed E-state index contributed by atoms with van der Waals surface area (Å²) in [6.45, 7) is 10.6. The molecule has 1 N–H and O–H groups in total. The maximum Gasteiger partial charge on any atom is 0.0834 e. The van der Waals surface area contributed by atoms with Crippen LogP contribution in [0.1, 0.15) is 39.7 Å². The molecule has 1 fully saturated rings. The van der Waals surface area contributed by atoms with Gasteiger partial charge >= 0.3 is 0 Å². The Bertz CT molecular complexity index is 454. The highest BCUT2D eigenvalue weighted by Gasteiger charge is 2.45. The third-order valence-corrected chi connectivity index (χ3v) is 3.84. The Balaban J connectivity index is 2.19. The van der Waals surface area contributed by atoms with Gasteiger partial charge in [0.2, 0.25) is 0 Å². The summed E-state index contributed by atoms with van der Waals surface area (Å²) in [4.78, 5) is 0. The van der Waals surface area contributed by atoms with Crippen molar-refractivity contribution in [1.82, 2.24) is 0 Å². The Kier molecular flexibility index (Phi) is 3.37. The van der Waals surface area contributed by atoms with Crippen LogP contribution in [0.15, 0.2) is 18.2 Å². The molecule has 1 aliphatic rings. The van der Waals surface area contributed by atoms with E-state index >= 15 is 0 Å². The molecule has 1 unspecified atom stereocenters. The second kappa shape index (κ2) is 4.43. The Morgan fingerprint density at radius 1 is 1.28 bits per heavy atom. The number of rotatable bonds is 2. The molecule has 0 aliphatic carbocycles. The van der Waals surface area contributed by atoms with Crippen molar-refractivity contribution in [3.8, 4) is 0 Å². The van der Waals surface area contributed by atoms with Gasteiger partial charge in [0.15, 0.2) is 0 Å². The molecule has 1 saturated heterocycles. The van der Waals surface area contributed by atoms with Crippen LogP contribution in [0, 0.1) is 6.92 Å². The highest BCUT2D eigenvalue weighted by Crippen LogP contribution is 2.39. The summed E-state index contributed by atoms with van der Waals surface area (Å²) in [6, 6.07) is 6.37. The summed E-state index contributed by atoms with van der Waals surface area (Å²) in [5, 5.41) is 4.30. The standard InChI is InChI=1S/C15H22ClNO/c1-10-6-7-12(11(16)8-10)17-13-9-14(2,3)18-15(13,4)5/h6-8,13,17H,9H2,1-5H3. The molecule has 1 aliphatic heterocycles. The first-order valence-corrected chi connectivity index (χ1v) is 6.80. The van der Waals surface area contributed by atoms with Crippen LogP contribution in [0.3, 0.4) is 0 Å². The van der Waals surface area contributed by atoms with Crippen molar-refractivity contribution in [1.29, 1.82) is 0 Å². The summed E-state index contributed by atoms with van der Waals surface area (Å²) < 4.78 is 6.08. The van der Waals surface area contributed by atoms with Gasteiger partial charge in [-0.05, 0) is 58.7 Å². The Morgan fingerprint density at radius 3 is 2.44 bits per heavy atom. The monoisotopic (exact) mass is 267 g/mol. The molecule has 1 aromatic rings. The number of nitrogens with one attached hydrogen (secondary N) is 1. The molecule has 0 bridgehead atoms. The Hall–Kier alpha value is -0.730. The first-order chi connectivity index (χ1) is 8.20. The summed E-state index contributed by atoms with van der Waals surface area (Å²) in [7, 11) is 0. The van der Waals surface area contributed by atoms with Crippen LogP contribution in [0.25, 0.3) is 0 Å². The second-order valence-corrected chi connectivity index (χ2v) is 6.76. The average Bonchev–Trinajstić information content (AvgIpc) is 2.39. The zero-order chi connectivity index (χ0) is 13.6. The number of halogens is 1. The van der Waals surface area contributed by atoms with E-state index in [0.29, 0.717) is 0 Å². The highest BCUT2D eigenvalue weighted by molar-refractivity contribution is 6.33. The first kappa shape index (κ1) is 13.7. The molecule has 0 radical (unpaired) electrons. The fourth-order valence-corrected chi connectivity index (χ4v) is 3.00. The van der Waals surface area contributed by atoms with Crippen LogP contribution < -0.4 is 5.32 Å². The van der Waals surface area contributed by atoms with Gasteiger partial charge in [-0.3, -0.25) is 0 Å². The lowest BCUT2D eigenvalue weighted by molar-refractivity contribution is -0.0662. The Labute approximate surface area is 115 Å². The minimum absolute atomic E-state index is 0.0850. The predicted molar refractivity (Wildman–Crippen MR) is 77.5 cm³/mol. The van der Waals surface area contributed by atoms with E-state index in [4.69, 9.17) is 16.3 Å². The predicted octanol–water partition coefficient (Wildman–Crippen LogP) is 4.41. The van der Waals surface area contributed by atoms with Gasteiger partial charge in [-0.1, -0.05) is 17.7 Å². The molecular formula is C15H22ClNO. The quantitative estimate of drug-likeness (QED) is 0.857. The molecule has 1 atom stereocenters. The first-order valence-electron chi connectivity index (χ1n) is 6.42. The molecule has 18 heavy (non-hydrogen) atoms. The summed E-state index contributed by atoms with van der Waals surface area (Å²) in [5.74, 6) is 0. The van der Waals surface area contributed by atoms with E-state index in [1.165, 1.54) is 5.56 Å². The third-order valence-electron chi connectivity index (χ3n) is 3.53. The van der Waals surface area contributed by atoms with E-state index in [1.54, 1.807) is 0 Å². The zero-order valence-corrected chi connectivity index (χ0v) is 12.6. The SMILES string of the molecule is Cc1ccc(NC2CC(C)(C)OC2(C)C)c(Cl)c1. The lowest BCUT2D eigenvalue weighted by atomic mass is 9.94. The van der Waals surface area contributed by atoms with Gasteiger partial charge in [0, 0.05) is 0 Å². The minimum Gasteiger partial charge on any atom is -0.378 e. The second-order valence-electron chi connectivity index (χ2n) is 6.35. The van der Waals surface area contributed by atoms with Crippen molar-refractivity contribution >= 4 is 17.3 Å². The van der Waals surface area contributed by atoms with E-state index in [2.05, 4.69) is 39.1 Å². The van der Waals surface area contributed by atoms with Crippen molar-refractivity contribution in [2.45, 2.75) is 58.3 Å². The molecule has 0 aromatic heterocycles. The van der Waals surface area contributed by atoms with E-state index in [-0.39, 0.29) is 17.2 Å². The normalized spacial score (nSPS) is 25.1. The van der Waals surface area contributed by atoms with Crippen molar-refractivity contribution in [2.24, 2.45) is 0 Å². The third kappa shape index (κ3) is 2.81. The van der Waals surface area contributed by atoms with Crippen molar-refractivity contribution in [3.05, 3.63) is 28.8 Å². The summed E-state index contributed by atoms with van der Waals surface area (Å²) in [5.41, 5.74) is 1.89. The van der Waals surface area contributed by atoms with Crippen LogP contribution in [-0.2, 0) is 4.74 Å². The molecular weight excluding hydrogens is 246 g/mol. The maximum absolute atomic E-state index is 6.27. The fraction of sp³-hybridized carbons (Fsp3) is 0.600. The molecule has 2 rings (SSSR count). The van der Waals surface area contributed by atoms with E-state index in [9.17, 15) is 0 Å². The summed E-state index contributed by atoms with van der Waals surface area (Å²) >= 11 is 6.27. The summed E-state index contributed by atoms with van der Waals surface area (Å²) in [6.07, 6.45) is 0.976. The lowest BCUT2D eigenvalue weighted by Gasteiger charge is -2.28. The number of hydrogen-bond donors (Lipinski definition) is 1. The molecule has 100 valence electrons. The average molecular weight is 268 g/mol. The minimum atomic E-state index is -0.183. The highest BCUT2D eigenvalue weighted by atomic mass is 35.5. The van der Waals surface area contributed by atoms with Crippen molar-refractivity contribution in [2.75, 3.05) is 5.32 Å². The number of hydrogen-bond acceptors (Lipinski definition) is 2. The van der Waals surface area contributed by atoms with Crippen molar-refractivity contribution in [3.63, 3.8) is 0 Å². The molecule has 0 saturated carbocycles. The number of anilines is 1. The Morgan fingerprint density at radius 2 is 1.94 bits per heavy atom. The van der Waals surface area contributed by atoms with Crippen LogP contribution in [0.4, 0.5) is 5.69 Å². The van der Waals surface area contributed by atoms with Gasteiger partial charge in [-0.2, -0.15) is 0 Å². The van der Waals surface area contributed by atoms with Gasteiger partial charge in [-0.15, -0.1) is 0 Å². The number of aryl methyl sites for hydroxylation is 1. The van der Waals surface area contributed by atoms with Gasteiger partial charge in [0.25, 0.3) is 0 Å². The molecule has 1 aromatic carbocycles. The molecule has 0 spiro atoms. The zero-order valence-electron chi connectivity index (χ0n) is 11.8. The van der Waals surface area contributed by atoms with E-state index in [1.807, 2.05) is 19.1 Å². The van der Waals surface area contributed by atoms with Gasteiger partial charge in [-0.25, -0.2) is 0 Å². The van der Waals surface area contributed by atoms with E-state index < -0.39 is 0 Å². The van der Waals surface area contributed by atoms with Gasteiger partial charge < -0.3 is 10.1 Å². The van der Waals surface area contributed by atoms with E-state index in [0.717, 1.165) is 17.1 Å². The molecule has 3 heteroatoms.